The van der Waals surface area contributed by atoms with Crippen molar-refractivity contribution in [3.05, 3.63) is 93.5 Å². The molecule has 0 radical (unpaired) electrons. The first-order chi connectivity index (χ1) is 20.3. The summed E-state index contributed by atoms with van der Waals surface area (Å²) in [7, 11) is 0. The number of nitrogens with one attached hydrogen (secondary N) is 2. The van der Waals surface area contributed by atoms with Gasteiger partial charge in [0, 0.05) is 11.4 Å². The fourth-order valence-corrected chi connectivity index (χ4v) is 4.60. The van der Waals surface area contributed by atoms with E-state index in [2.05, 4.69) is 10.6 Å². The lowest BCUT2D eigenvalue weighted by Crippen LogP contribution is -2.44. The van der Waals surface area contributed by atoms with Gasteiger partial charge in [-0.15, -0.1) is 0 Å². The van der Waals surface area contributed by atoms with Crippen LogP contribution in [0.2, 0.25) is 0 Å². The van der Waals surface area contributed by atoms with Crippen molar-refractivity contribution >= 4 is 46.9 Å². The quantitative estimate of drug-likeness (QED) is 0.284. The maximum atomic E-state index is 13.1. The van der Waals surface area contributed by atoms with E-state index in [1.165, 1.54) is 25.1 Å². The molecule has 1 aliphatic heterocycles. The summed E-state index contributed by atoms with van der Waals surface area (Å²) in [6.07, 6.45) is 0. The Kier molecular flexibility index (Phi) is 9.03. The van der Waals surface area contributed by atoms with E-state index in [4.69, 9.17) is 9.47 Å². The Morgan fingerprint density at radius 2 is 1.21 bits per heavy atom. The molecular formula is C32H31N3O8. The lowest BCUT2D eigenvalue weighted by molar-refractivity contribution is -0.150. The first kappa shape index (κ1) is 30.6. The molecule has 0 aliphatic carbocycles. The van der Waals surface area contributed by atoms with Gasteiger partial charge in [0.2, 0.25) is 0 Å². The van der Waals surface area contributed by atoms with Crippen molar-refractivity contribution in [2.75, 3.05) is 23.8 Å². The first-order valence-corrected chi connectivity index (χ1v) is 13.5. The number of hydrogen-bond donors (Lipinski definition) is 2. The van der Waals surface area contributed by atoms with E-state index in [9.17, 15) is 28.8 Å². The van der Waals surface area contributed by atoms with E-state index in [0.29, 0.717) is 16.3 Å². The molecule has 11 heteroatoms. The van der Waals surface area contributed by atoms with Crippen molar-refractivity contribution in [1.29, 1.82) is 0 Å². The number of anilines is 2. The molecule has 1 heterocycles. The highest BCUT2D eigenvalue weighted by atomic mass is 16.5. The molecule has 2 N–H and O–H groups in total. The number of imide groups is 1. The zero-order valence-electron chi connectivity index (χ0n) is 24.4. The molecular weight excluding hydrogens is 554 g/mol. The van der Waals surface area contributed by atoms with E-state index < -0.39 is 54.8 Å². The van der Waals surface area contributed by atoms with Crippen LogP contribution in [0.3, 0.4) is 0 Å². The van der Waals surface area contributed by atoms with Crippen molar-refractivity contribution in [2.45, 2.75) is 40.7 Å². The Balaban J connectivity index is 1.34. The van der Waals surface area contributed by atoms with Gasteiger partial charge in [-0.2, -0.15) is 0 Å². The fourth-order valence-electron chi connectivity index (χ4n) is 4.60. The Morgan fingerprint density at radius 3 is 1.74 bits per heavy atom. The highest BCUT2D eigenvalue weighted by molar-refractivity contribution is 6.23. The topological polar surface area (TPSA) is 148 Å². The molecule has 3 aromatic carbocycles. The van der Waals surface area contributed by atoms with Gasteiger partial charge in [-0.05, 0) is 76.1 Å². The normalized spacial score (nSPS) is 12.8. The molecule has 0 saturated heterocycles. The third-order valence-corrected chi connectivity index (χ3v) is 6.87. The number of aryl methyl sites for hydroxylation is 4. The molecule has 43 heavy (non-hydrogen) atoms. The number of esters is 2. The summed E-state index contributed by atoms with van der Waals surface area (Å²) < 4.78 is 10.2. The van der Waals surface area contributed by atoms with E-state index in [-0.39, 0.29) is 16.7 Å². The van der Waals surface area contributed by atoms with Gasteiger partial charge in [-0.25, -0.2) is 9.59 Å². The Morgan fingerprint density at radius 1 is 0.698 bits per heavy atom. The van der Waals surface area contributed by atoms with Gasteiger partial charge in [-0.3, -0.25) is 24.1 Å². The highest BCUT2D eigenvalue weighted by Gasteiger charge is 2.42. The molecule has 0 bridgehead atoms. The van der Waals surface area contributed by atoms with E-state index in [1.54, 1.807) is 12.1 Å². The molecule has 222 valence electrons. The lowest BCUT2D eigenvalue weighted by Gasteiger charge is -2.20. The standard InChI is InChI=1S/C32H31N3O8/c1-17-6-10-25(19(3)12-17)33-27(36)15-42-31(40)21(5)35-29(38)23-9-8-22(14-24(23)30(35)39)32(41)43-16-28(37)34-26-11-7-18(2)13-20(26)4/h6-14,21H,15-16H2,1-5H3,(H,33,36)(H,34,37)/t21-/m0/s1. The van der Waals surface area contributed by atoms with Crippen LogP contribution in [0.5, 0.6) is 0 Å². The van der Waals surface area contributed by atoms with Gasteiger partial charge in [0.15, 0.2) is 13.2 Å². The summed E-state index contributed by atoms with van der Waals surface area (Å²) in [5, 5.41) is 5.32. The van der Waals surface area contributed by atoms with Crippen LogP contribution in [0.25, 0.3) is 0 Å². The van der Waals surface area contributed by atoms with Crippen LogP contribution >= 0.6 is 0 Å². The minimum absolute atomic E-state index is 0.0126. The van der Waals surface area contributed by atoms with Gasteiger partial charge in [-0.1, -0.05) is 35.4 Å². The van der Waals surface area contributed by atoms with Gasteiger partial charge in [0.25, 0.3) is 23.6 Å². The fraction of sp³-hybridized carbons (Fsp3) is 0.250. The third kappa shape index (κ3) is 6.95. The smallest absolute Gasteiger partial charge is 0.338 e. The number of amides is 4. The van der Waals surface area contributed by atoms with Crippen LogP contribution in [0.15, 0.2) is 54.6 Å². The van der Waals surface area contributed by atoms with Crippen LogP contribution in [0.1, 0.15) is 60.3 Å². The second-order valence-electron chi connectivity index (χ2n) is 10.3. The summed E-state index contributed by atoms with van der Waals surface area (Å²) in [5.41, 5.74) is 4.73. The number of ether oxygens (including phenoxy) is 2. The lowest BCUT2D eigenvalue weighted by atomic mass is 10.1. The summed E-state index contributed by atoms with van der Waals surface area (Å²) in [4.78, 5) is 76.7. The molecule has 0 fully saturated rings. The van der Waals surface area contributed by atoms with Gasteiger partial charge < -0.3 is 20.1 Å². The predicted molar refractivity (Wildman–Crippen MR) is 157 cm³/mol. The number of fused-ring (bicyclic) bond motifs is 1. The number of carbonyl (C=O) groups excluding carboxylic acids is 6. The first-order valence-electron chi connectivity index (χ1n) is 13.5. The number of hydrogen-bond acceptors (Lipinski definition) is 8. The average Bonchev–Trinajstić information content (AvgIpc) is 3.21. The minimum atomic E-state index is -1.34. The molecule has 3 aromatic rings. The minimum Gasteiger partial charge on any atom is -0.454 e. The van der Waals surface area contributed by atoms with Crippen LogP contribution in [0, 0.1) is 27.7 Å². The molecule has 0 spiro atoms. The maximum absolute atomic E-state index is 13.1. The van der Waals surface area contributed by atoms with E-state index in [1.807, 2.05) is 52.0 Å². The molecule has 0 aromatic heterocycles. The van der Waals surface area contributed by atoms with Crippen molar-refractivity contribution < 1.29 is 38.2 Å². The Hall–Kier alpha value is -5.32. The zero-order chi connectivity index (χ0) is 31.4. The predicted octanol–water partition coefficient (Wildman–Crippen LogP) is 3.88. The van der Waals surface area contributed by atoms with Crippen LogP contribution in [-0.2, 0) is 23.9 Å². The summed E-state index contributed by atoms with van der Waals surface area (Å²) in [6, 6.07) is 13.3. The number of benzene rings is 3. The van der Waals surface area contributed by atoms with Gasteiger partial charge >= 0.3 is 11.9 Å². The van der Waals surface area contributed by atoms with Crippen LogP contribution < -0.4 is 10.6 Å². The summed E-state index contributed by atoms with van der Waals surface area (Å²) in [5.74, 6) is -4.53. The third-order valence-electron chi connectivity index (χ3n) is 6.87. The monoisotopic (exact) mass is 585 g/mol. The van der Waals surface area contributed by atoms with Crippen molar-refractivity contribution in [3.63, 3.8) is 0 Å². The zero-order valence-corrected chi connectivity index (χ0v) is 24.4. The second kappa shape index (κ2) is 12.7. The van der Waals surface area contributed by atoms with Crippen molar-refractivity contribution in [2.24, 2.45) is 0 Å². The van der Waals surface area contributed by atoms with Crippen molar-refractivity contribution in [1.82, 2.24) is 4.90 Å². The Labute approximate surface area is 248 Å². The van der Waals surface area contributed by atoms with E-state index >= 15 is 0 Å². The molecule has 0 unspecified atom stereocenters. The molecule has 1 atom stereocenters. The number of rotatable bonds is 9. The maximum Gasteiger partial charge on any atom is 0.338 e. The second-order valence-corrected chi connectivity index (χ2v) is 10.3. The molecule has 0 saturated carbocycles. The van der Waals surface area contributed by atoms with Gasteiger partial charge in [0.1, 0.15) is 6.04 Å². The molecule has 4 amide bonds. The molecule has 1 aliphatic rings. The molecule has 11 nitrogen and oxygen atoms in total. The van der Waals surface area contributed by atoms with Crippen LogP contribution in [0.4, 0.5) is 11.4 Å². The van der Waals surface area contributed by atoms with Crippen LogP contribution in [-0.4, -0.2) is 59.7 Å². The summed E-state index contributed by atoms with van der Waals surface area (Å²) >= 11 is 0. The largest absolute Gasteiger partial charge is 0.454 e. The number of nitrogens with zero attached hydrogens (tertiary/aromatic N) is 1. The molecule has 4 rings (SSSR count). The van der Waals surface area contributed by atoms with E-state index in [0.717, 1.165) is 22.3 Å². The SMILES string of the molecule is Cc1ccc(NC(=O)COC(=O)c2ccc3c(c2)C(=O)N([C@@H](C)C(=O)OCC(=O)Nc2ccc(C)cc2C)C3=O)c(C)c1. The summed E-state index contributed by atoms with van der Waals surface area (Å²) in [6.45, 7) is 7.63. The Bertz CT molecular complexity index is 1660. The number of carbonyl (C=O) groups is 6. The van der Waals surface area contributed by atoms with Crippen molar-refractivity contribution in [3.8, 4) is 0 Å². The van der Waals surface area contributed by atoms with Gasteiger partial charge in [0.05, 0.1) is 16.7 Å². The average molecular weight is 586 g/mol. The highest BCUT2D eigenvalue weighted by Crippen LogP contribution is 2.27.